The van der Waals surface area contributed by atoms with Gasteiger partial charge in [0.15, 0.2) is 11.2 Å². The number of fused-ring (bicyclic) bond motifs is 1. The van der Waals surface area contributed by atoms with Gasteiger partial charge in [0.2, 0.25) is 5.95 Å². The summed E-state index contributed by atoms with van der Waals surface area (Å²) in [6, 6.07) is 5.19. The molecule has 2 atom stereocenters. The van der Waals surface area contributed by atoms with E-state index in [1.165, 1.54) is 9.13 Å². The number of aromatic nitrogens is 4. The Balaban J connectivity index is 1.73. The van der Waals surface area contributed by atoms with E-state index in [1.807, 2.05) is 0 Å². The Morgan fingerprint density at radius 1 is 1.16 bits per heavy atom. The van der Waals surface area contributed by atoms with Crippen LogP contribution in [-0.2, 0) is 20.6 Å². The largest absolute Gasteiger partial charge is 0.396 e. The highest BCUT2D eigenvalue weighted by Gasteiger charge is 2.24. The maximum absolute atomic E-state index is 13.3. The number of aliphatic hydroxyl groups excluding tert-OH is 1. The van der Waals surface area contributed by atoms with Crippen LogP contribution in [0.2, 0.25) is 10.0 Å². The van der Waals surface area contributed by atoms with E-state index in [0.29, 0.717) is 32.7 Å². The Hall–Kier alpha value is -2.29. The van der Waals surface area contributed by atoms with Crippen LogP contribution in [-0.4, -0.2) is 36.4 Å². The number of imidazole rings is 1. The highest BCUT2D eigenvalue weighted by molar-refractivity contribution is 6.42. The Morgan fingerprint density at radius 3 is 2.65 bits per heavy atom. The number of hydrogen-bond acceptors (Lipinski definition) is 5. The summed E-state index contributed by atoms with van der Waals surface area (Å²) in [5, 5.41) is 13.7. The van der Waals surface area contributed by atoms with Crippen LogP contribution in [0.4, 0.5) is 5.95 Å². The van der Waals surface area contributed by atoms with Crippen molar-refractivity contribution in [3.63, 3.8) is 0 Å². The molecule has 0 amide bonds. The average Bonchev–Trinajstić information content (AvgIpc) is 3.08. The molecule has 1 saturated carbocycles. The lowest BCUT2D eigenvalue weighted by molar-refractivity contribution is 0.184. The van der Waals surface area contributed by atoms with Gasteiger partial charge in [-0.1, -0.05) is 35.7 Å². The van der Waals surface area contributed by atoms with Crippen molar-refractivity contribution in [2.24, 2.45) is 20.0 Å². The first-order valence-electron chi connectivity index (χ1n) is 10.3. The van der Waals surface area contributed by atoms with Crippen LogP contribution in [0.25, 0.3) is 11.2 Å². The first-order valence-corrected chi connectivity index (χ1v) is 11.0. The fourth-order valence-corrected chi connectivity index (χ4v) is 4.62. The molecule has 10 heteroatoms. The van der Waals surface area contributed by atoms with Crippen LogP contribution in [0.3, 0.4) is 0 Å². The van der Waals surface area contributed by atoms with E-state index in [9.17, 15) is 14.7 Å². The van der Waals surface area contributed by atoms with E-state index in [1.54, 1.807) is 36.9 Å². The Labute approximate surface area is 189 Å². The van der Waals surface area contributed by atoms with Crippen molar-refractivity contribution in [1.82, 2.24) is 18.7 Å². The summed E-state index contributed by atoms with van der Waals surface area (Å²) in [6.07, 6.45) is 3.87. The molecule has 2 heterocycles. The van der Waals surface area contributed by atoms with Gasteiger partial charge < -0.3 is 15.0 Å². The lowest BCUT2D eigenvalue weighted by atomic mass is 9.86. The van der Waals surface area contributed by atoms with Crippen LogP contribution in [0.1, 0.15) is 31.2 Å². The molecule has 0 saturated heterocycles. The smallest absolute Gasteiger partial charge is 0.332 e. The van der Waals surface area contributed by atoms with E-state index in [4.69, 9.17) is 23.2 Å². The Kier molecular flexibility index (Phi) is 6.14. The number of nitrogens with one attached hydrogen (secondary N) is 1. The van der Waals surface area contributed by atoms with Gasteiger partial charge in [-0.2, -0.15) is 4.98 Å². The molecule has 2 N–H and O–H groups in total. The van der Waals surface area contributed by atoms with Gasteiger partial charge in [-0.05, 0) is 42.9 Å². The predicted octanol–water partition coefficient (Wildman–Crippen LogP) is 2.75. The number of halogens is 2. The summed E-state index contributed by atoms with van der Waals surface area (Å²) in [7, 11) is 3.37. The molecule has 1 fully saturated rings. The van der Waals surface area contributed by atoms with Gasteiger partial charge in [-0.15, -0.1) is 0 Å². The zero-order valence-corrected chi connectivity index (χ0v) is 18.9. The SMILES string of the molecule is Cn1c(NC2CCCC(CO)C2)nc2c1c(=O)n(Cc1ccc(Cl)c(Cl)c1)c(=O)n2C. The standard InChI is InChI=1S/C21H25Cl2N5O3/c1-26-17-18(25-20(26)24-14-5-3-4-13(8-14)11-29)27(2)21(31)28(19(17)30)10-12-6-7-15(22)16(23)9-12/h6-7,9,13-14,29H,3-5,8,10-11H2,1-2H3,(H,24,25). The minimum Gasteiger partial charge on any atom is -0.396 e. The molecule has 2 aromatic heterocycles. The molecule has 4 rings (SSSR count). The minimum absolute atomic E-state index is 0.0765. The van der Waals surface area contributed by atoms with Crippen molar-refractivity contribution in [2.45, 2.75) is 38.3 Å². The van der Waals surface area contributed by atoms with Gasteiger partial charge in [-0.25, -0.2) is 4.79 Å². The first-order chi connectivity index (χ1) is 14.8. The third-order valence-corrected chi connectivity index (χ3v) is 6.80. The summed E-state index contributed by atoms with van der Waals surface area (Å²) in [6.45, 7) is 0.252. The normalized spacial score (nSPS) is 19.1. The molecule has 1 aliphatic carbocycles. The predicted molar refractivity (Wildman–Crippen MR) is 122 cm³/mol. The number of benzene rings is 1. The van der Waals surface area contributed by atoms with Gasteiger partial charge >= 0.3 is 5.69 Å². The van der Waals surface area contributed by atoms with Crippen molar-refractivity contribution < 1.29 is 5.11 Å². The van der Waals surface area contributed by atoms with Gasteiger partial charge in [0.05, 0.1) is 16.6 Å². The van der Waals surface area contributed by atoms with Gasteiger partial charge in [0.1, 0.15) is 0 Å². The van der Waals surface area contributed by atoms with Crippen LogP contribution in [0, 0.1) is 5.92 Å². The van der Waals surface area contributed by atoms with Gasteiger partial charge in [0.25, 0.3) is 5.56 Å². The maximum Gasteiger partial charge on any atom is 0.332 e. The quantitative estimate of drug-likeness (QED) is 0.603. The summed E-state index contributed by atoms with van der Waals surface area (Å²) in [5.41, 5.74) is 0.514. The lowest BCUT2D eigenvalue weighted by Gasteiger charge is -2.28. The third-order valence-electron chi connectivity index (χ3n) is 6.06. The zero-order chi connectivity index (χ0) is 22.3. The number of anilines is 1. The van der Waals surface area contributed by atoms with E-state index in [0.717, 1.165) is 25.7 Å². The topological polar surface area (TPSA) is 94.1 Å². The molecule has 1 aromatic carbocycles. The van der Waals surface area contributed by atoms with Crippen LogP contribution in [0.5, 0.6) is 0 Å². The monoisotopic (exact) mass is 465 g/mol. The third kappa shape index (κ3) is 4.12. The summed E-state index contributed by atoms with van der Waals surface area (Å²) in [4.78, 5) is 30.7. The Bertz CT molecular complexity index is 1250. The van der Waals surface area contributed by atoms with E-state index < -0.39 is 11.2 Å². The second-order valence-electron chi connectivity index (χ2n) is 8.20. The summed E-state index contributed by atoms with van der Waals surface area (Å²) in [5.74, 6) is 0.812. The van der Waals surface area contributed by atoms with Crippen LogP contribution in [0.15, 0.2) is 27.8 Å². The Morgan fingerprint density at radius 2 is 1.94 bits per heavy atom. The molecule has 0 bridgehead atoms. The molecular weight excluding hydrogens is 441 g/mol. The molecule has 8 nitrogen and oxygen atoms in total. The molecule has 1 aliphatic rings. The van der Waals surface area contributed by atoms with E-state index in [2.05, 4.69) is 10.3 Å². The second kappa shape index (κ2) is 8.68. The number of aliphatic hydroxyl groups is 1. The fourth-order valence-electron chi connectivity index (χ4n) is 4.30. The molecular formula is C21H25Cl2N5O3. The fraction of sp³-hybridized carbons (Fsp3) is 0.476. The number of hydrogen-bond donors (Lipinski definition) is 2. The summed E-state index contributed by atoms with van der Waals surface area (Å²) < 4.78 is 4.26. The highest BCUT2D eigenvalue weighted by atomic mass is 35.5. The van der Waals surface area contributed by atoms with Crippen molar-refractivity contribution in [3.05, 3.63) is 54.6 Å². The van der Waals surface area contributed by atoms with Gasteiger partial charge in [-0.3, -0.25) is 13.9 Å². The van der Waals surface area contributed by atoms with E-state index >= 15 is 0 Å². The lowest BCUT2D eigenvalue weighted by Crippen LogP contribution is -2.39. The van der Waals surface area contributed by atoms with Crippen molar-refractivity contribution in [1.29, 1.82) is 0 Å². The number of nitrogens with zero attached hydrogens (tertiary/aromatic N) is 4. The molecule has 31 heavy (non-hydrogen) atoms. The molecule has 3 aromatic rings. The van der Waals surface area contributed by atoms with Crippen LogP contribution >= 0.6 is 23.2 Å². The van der Waals surface area contributed by atoms with Gasteiger partial charge in [0, 0.05) is 26.7 Å². The summed E-state index contributed by atoms with van der Waals surface area (Å²) >= 11 is 12.1. The van der Waals surface area contributed by atoms with E-state index in [-0.39, 0.29) is 25.1 Å². The molecule has 0 radical (unpaired) electrons. The number of aryl methyl sites for hydroxylation is 2. The van der Waals surface area contributed by atoms with Crippen molar-refractivity contribution >= 4 is 40.3 Å². The second-order valence-corrected chi connectivity index (χ2v) is 9.02. The van der Waals surface area contributed by atoms with Crippen LogP contribution < -0.4 is 16.6 Å². The molecule has 2 unspecified atom stereocenters. The first kappa shape index (κ1) is 21.9. The minimum atomic E-state index is -0.453. The zero-order valence-electron chi connectivity index (χ0n) is 17.4. The molecule has 0 aliphatic heterocycles. The maximum atomic E-state index is 13.3. The molecule has 166 valence electrons. The average molecular weight is 466 g/mol. The number of rotatable bonds is 5. The highest BCUT2D eigenvalue weighted by Crippen LogP contribution is 2.27. The molecule has 0 spiro atoms. The van der Waals surface area contributed by atoms with Crippen molar-refractivity contribution in [3.8, 4) is 0 Å². The van der Waals surface area contributed by atoms with Crippen molar-refractivity contribution in [2.75, 3.05) is 11.9 Å².